The number of hydrogen-bond donors (Lipinski definition) is 1. The number of halogens is 1. The second kappa shape index (κ2) is 8.20. The van der Waals surface area contributed by atoms with E-state index in [4.69, 9.17) is 0 Å². The number of aromatic nitrogens is 2. The van der Waals surface area contributed by atoms with Gasteiger partial charge in [0.1, 0.15) is 22.8 Å². The molecule has 1 aliphatic heterocycles. The van der Waals surface area contributed by atoms with Crippen molar-refractivity contribution in [2.24, 2.45) is 0 Å². The normalized spacial score (nSPS) is 15.1. The van der Waals surface area contributed by atoms with Gasteiger partial charge in [0.15, 0.2) is 0 Å². The van der Waals surface area contributed by atoms with Crippen molar-refractivity contribution in [1.29, 1.82) is 0 Å². The van der Waals surface area contributed by atoms with Crippen LogP contribution < -0.4 is 5.32 Å². The minimum atomic E-state index is -0.264. The zero-order chi connectivity index (χ0) is 19.5. The van der Waals surface area contributed by atoms with Crippen LogP contribution in [0.2, 0.25) is 0 Å². The van der Waals surface area contributed by atoms with Crippen molar-refractivity contribution in [2.45, 2.75) is 6.42 Å². The molecule has 1 amide bonds. The monoisotopic (exact) mass is 399 g/mol. The summed E-state index contributed by atoms with van der Waals surface area (Å²) < 4.78 is 13.3. The summed E-state index contributed by atoms with van der Waals surface area (Å²) in [5.74, 6) is 0.604. The highest BCUT2D eigenvalue weighted by molar-refractivity contribution is 7.17. The van der Waals surface area contributed by atoms with E-state index in [1.165, 1.54) is 29.8 Å². The van der Waals surface area contributed by atoms with E-state index < -0.39 is 0 Å². The molecule has 1 fully saturated rings. The lowest BCUT2D eigenvalue weighted by atomic mass is 10.1. The number of amides is 1. The Morgan fingerprint density at radius 3 is 2.68 bits per heavy atom. The number of fused-ring (bicyclic) bond motifs is 1. The van der Waals surface area contributed by atoms with Gasteiger partial charge in [0.25, 0.3) is 0 Å². The topological polar surface area (TPSA) is 61.4 Å². The summed E-state index contributed by atoms with van der Waals surface area (Å²) in [6.07, 6.45) is 1.95. The average molecular weight is 399 g/mol. The van der Waals surface area contributed by atoms with E-state index in [9.17, 15) is 9.18 Å². The third kappa shape index (κ3) is 3.98. The van der Waals surface area contributed by atoms with E-state index >= 15 is 0 Å². The Kier molecular flexibility index (Phi) is 5.50. The van der Waals surface area contributed by atoms with Gasteiger partial charge in [-0.3, -0.25) is 4.79 Å². The highest BCUT2D eigenvalue weighted by Crippen LogP contribution is 2.36. The molecule has 3 heterocycles. The Morgan fingerprint density at radius 2 is 1.93 bits per heavy atom. The van der Waals surface area contributed by atoms with Crippen molar-refractivity contribution < 1.29 is 9.18 Å². The maximum Gasteiger partial charge on any atom is 0.224 e. The van der Waals surface area contributed by atoms with Crippen LogP contribution in [0, 0.1) is 5.82 Å². The minimum absolute atomic E-state index is 0.162. The first-order valence-corrected chi connectivity index (χ1v) is 10.2. The van der Waals surface area contributed by atoms with Crippen LogP contribution >= 0.6 is 11.3 Å². The fourth-order valence-corrected chi connectivity index (χ4v) is 4.27. The number of carbonyl (C=O) groups is 1. The molecule has 1 aliphatic rings. The van der Waals surface area contributed by atoms with Gasteiger partial charge in [-0.05, 0) is 24.7 Å². The van der Waals surface area contributed by atoms with Crippen molar-refractivity contribution in [3.05, 3.63) is 41.8 Å². The number of carbonyl (C=O) groups excluding carboxylic acids is 1. The third-order valence-electron chi connectivity index (χ3n) is 5.01. The van der Waals surface area contributed by atoms with Crippen molar-refractivity contribution in [3.63, 3.8) is 0 Å². The van der Waals surface area contributed by atoms with Crippen LogP contribution in [-0.4, -0.2) is 65.4 Å². The smallest absolute Gasteiger partial charge is 0.224 e. The van der Waals surface area contributed by atoms with Gasteiger partial charge in [-0.2, -0.15) is 0 Å². The predicted molar refractivity (Wildman–Crippen MR) is 110 cm³/mol. The lowest BCUT2D eigenvalue weighted by molar-refractivity contribution is -0.132. The molecule has 4 rings (SSSR count). The molecule has 146 valence electrons. The zero-order valence-electron chi connectivity index (χ0n) is 15.7. The Bertz CT molecular complexity index is 966. The second-order valence-corrected chi connectivity index (χ2v) is 7.78. The summed E-state index contributed by atoms with van der Waals surface area (Å²) >= 11 is 1.53. The van der Waals surface area contributed by atoms with Crippen LogP contribution in [0.1, 0.15) is 6.42 Å². The van der Waals surface area contributed by atoms with Crippen molar-refractivity contribution in [1.82, 2.24) is 19.8 Å². The van der Waals surface area contributed by atoms with E-state index in [1.807, 2.05) is 10.3 Å². The van der Waals surface area contributed by atoms with E-state index in [1.54, 1.807) is 12.1 Å². The predicted octanol–water partition coefficient (Wildman–Crippen LogP) is 3.07. The molecule has 8 heteroatoms. The number of hydrogen-bond acceptors (Lipinski definition) is 6. The zero-order valence-corrected chi connectivity index (χ0v) is 16.5. The van der Waals surface area contributed by atoms with Gasteiger partial charge >= 0.3 is 0 Å². The van der Waals surface area contributed by atoms with Crippen molar-refractivity contribution >= 4 is 33.3 Å². The van der Waals surface area contributed by atoms with Gasteiger partial charge in [0.05, 0.1) is 5.39 Å². The van der Waals surface area contributed by atoms with E-state index in [2.05, 4.69) is 27.2 Å². The lowest BCUT2D eigenvalue weighted by Gasteiger charge is -2.32. The molecule has 0 saturated carbocycles. The minimum Gasteiger partial charge on any atom is -0.369 e. The molecule has 0 bridgehead atoms. The Hall–Kier alpha value is -2.58. The largest absolute Gasteiger partial charge is 0.369 e. The number of rotatable bonds is 5. The number of thiophene rings is 1. The Morgan fingerprint density at radius 1 is 1.18 bits per heavy atom. The Labute approximate surface area is 167 Å². The van der Waals surface area contributed by atoms with E-state index in [-0.39, 0.29) is 11.7 Å². The number of anilines is 1. The van der Waals surface area contributed by atoms with Gasteiger partial charge in [0, 0.05) is 50.1 Å². The first kappa shape index (κ1) is 18.8. The molecule has 1 saturated heterocycles. The van der Waals surface area contributed by atoms with Crippen LogP contribution in [0.15, 0.2) is 36.0 Å². The summed E-state index contributed by atoms with van der Waals surface area (Å²) in [5.41, 5.74) is 1.88. The molecule has 0 radical (unpaired) electrons. The molecule has 0 spiro atoms. The number of nitrogens with one attached hydrogen (secondary N) is 1. The number of nitrogens with zero attached hydrogens (tertiary/aromatic N) is 4. The summed E-state index contributed by atoms with van der Waals surface area (Å²) in [6.45, 7) is 3.91. The maximum atomic E-state index is 13.3. The van der Waals surface area contributed by atoms with Gasteiger partial charge < -0.3 is 15.1 Å². The first-order chi connectivity index (χ1) is 13.6. The van der Waals surface area contributed by atoms with Crippen LogP contribution in [0.5, 0.6) is 0 Å². The molecule has 0 aliphatic carbocycles. The van der Waals surface area contributed by atoms with Crippen LogP contribution in [0.3, 0.4) is 0 Å². The Balaban J connectivity index is 1.47. The first-order valence-electron chi connectivity index (χ1n) is 9.30. The number of piperazine rings is 1. The summed E-state index contributed by atoms with van der Waals surface area (Å²) in [4.78, 5) is 26.2. The molecule has 6 nitrogen and oxygen atoms in total. The van der Waals surface area contributed by atoms with Gasteiger partial charge in [-0.25, -0.2) is 14.4 Å². The summed E-state index contributed by atoms with van der Waals surface area (Å²) in [7, 11) is 2.07. The van der Waals surface area contributed by atoms with Crippen LogP contribution in [0.25, 0.3) is 21.3 Å². The molecule has 1 N–H and O–H groups in total. The highest BCUT2D eigenvalue weighted by Gasteiger charge is 2.19. The van der Waals surface area contributed by atoms with E-state index in [0.717, 1.165) is 47.5 Å². The van der Waals surface area contributed by atoms with Crippen molar-refractivity contribution in [3.8, 4) is 11.1 Å². The second-order valence-electron chi connectivity index (χ2n) is 6.92. The quantitative estimate of drug-likeness (QED) is 0.715. The van der Waals surface area contributed by atoms with Crippen molar-refractivity contribution in [2.75, 3.05) is 45.1 Å². The van der Waals surface area contributed by atoms with E-state index in [0.29, 0.717) is 18.8 Å². The van der Waals surface area contributed by atoms with Crippen LogP contribution in [-0.2, 0) is 4.79 Å². The molecule has 3 aromatic rings. The fourth-order valence-electron chi connectivity index (χ4n) is 3.35. The fraction of sp³-hybridized carbons (Fsp3) is 0.350. The SMILES string of the molecule is CN1CCN(C(=O)CCNc2ncnc3scc(-c4ccc(F)cc4)c23)CC1. The summed E-state index contributed by atoms with van der Waals surface area (Å²) in [6, 6.07) is 6.41. The molecule has 0 atom stereocenters. The average Bonchev–Trinajstić information content (AvgIpc) is 3.14. The molecule has 1 aromatic carbocycles. The summed E-state index contributed by atoms with van der Waals surface area (Å²) in [5, 5.41) is 6.21. The molecule has 28 heavy (non-hydrogen) atoms. The third-order valence-corrected chi connectivity index (χ3v) is 5.90. The molecule has 0 unspecified atom stereocenters. The maximum absolute atomic E-state index is 13.3. The van der Waals surface area contributed by atoms with Crippen LogP contribution in [0.4, 0.5) is 10.2 Å². The molecular formula is C20H22FN5OS. The number of benzene rings is 1. The van der Waals surface area contributed by atoms with Gasteiger partial charge in [-0.15, -0.1) is 11.3 Å². The highest BCUT2D eigenvalue weighted by atomic mass is 32.1. The van der Waals surface area contributed by atoms with Gasteiger partial charge in [-0.1, -0.05) is 12.1 Å². The van der Waals surface area contributed by atoms with Gasteiger partial charge in [0.2, 0.25) is 5.91 Å². The molecular weight excluding hydrogens is 377 g/mol. The standard InChI is InChI=1S/C20H22FN5OS/c1-25-8-10-26(11-9-25)17(27)6-7-22-19-18-16(12-28-20(18)24-13-23-19)14-2-4-15(21)5-3-14/h2-5,12-13H,6-11H2,1H3,(H,22,23,24). The number of likely N-dealkylation sites (N-methyl/N-ethyl adjacent to an activating group) is 1. The molecule has 2 aromatic heterocycles. The lowest BCUT2D eigenvalue weighted by Crippen LogP contribution is -2.47.